The van der Waals surface area contributed by atoms with Crippen molar-refractivity contribution >= 4 is 28.4 Å². The normalized spacial score (nSPS) is 21.1. The lowest BCUT2D eigenvalue weighted by molar-refractivity contribution is 0.0528. The van der Waals surface area contributed by atoms with E-state index in [1.54, 1.807) is 29.2 Å². The zero-order chi connectivity index (χ0) is 21.3. The summed E-state index contributed by atoms with van der Waals surface area (Å²) in [5, 5.41) is 0. The summed E-state index contributed by atoms with van der Waals surface area (Å²) < 4.78 is 31.8. The number of hydrogen-bond acceptors (Lipinski definition) is 8. The number of anilines is 1. The zero-order valence-corrected chi connectivity index (χ0v) is 16.9. The summed E-state index contributed by atoms with van der Waals surface area (Å²) in [7, 11) is -3.38. The third kappa shape index (κ3) is 4.13. The maximum atomic E-state index is 12.9. The molecule has 1 unspecified atom stereocenters. The van der Waals surface area contributed by atoms with Gasteiger partial charge in [-0.3, -0.25) is 23.4 Å². The Morgan fingerprint density at radius 1 is 1.33 bits per heavy atom. The molecular weight excluding hydrogens is 410 g/mol. The number of carbonyl (C=O) groups excluding carboxylic acids is 1. The topological polar surface area (TPSA) is 153 Å². The van der Waals surface area contributed by atoms with Gasteiger partial charge in [-0.2, -0.15) is 0 Å². The smallest absolute Gasteiger partial charge is 0.254 e. The zero-order valence-electron chi connectivity index (χ0n) is 16.1. The first kappa shape index (κ1) is 20.3. The van der Waals surface area contributed by atoms with Crippen LogP contribution in [0.4, 0.5) is 5.69 Å². The Kier molecular flexibility index (Phi) is 5.41. The van der Waals surface area contributed by atoms with Crippen LogP contribution in [0.3, 0.4) is 0 Å². The summed E-state index contributed by atoms with van der Waals surface area (Å²) in [5.41, 5.74) is 6.82. The number of nitrogens with zero attached hydrogens (tertiary/aromatic N) is 2. The van der Waals surface area contributed by atoms with Gasteiger partial charge in [0.1, 0.15) is 12.4 Å². The van der Waals surface area contributed by atoms with E-state index < -0.39 is 11.0 Å². The number of aromatic amines is 1. The summed E-state index contributed by atoms with van der Waals surface area (Å²) in [4.78, 5) is 28.8. The molecule has 4 rings (SSSR count). The number of H-pyrrole nitrogens is 1. The molecule has 10 nitrogen and oxygen atoms in total. The van der Waals surface area contributed by atoms with Crippen LogP contribution >= 0.6 is 11.0 Å². The summed E-state index contributed by atoms with van der Waals surface area (Å²) in [6.07, 6.45) is 4.08. The molecular formula is C19H23N5O5S. The van der Waals surface area contributed by atoms with E-state index >= 15 is 0 Å². The van der Waals surface area contributed by atoms with Gasteiger partial charge in [0, 0.05) is 24.4 Å². The van der Waals surface area contributed by atoms with Gasteiger partial charge in [-0.15, -0.1) is 4.40 Å². The van der Waals surface area contributed by atoms with Crippen molar-refractivity contribution in [1.29, 1.82) is 0 Å². The number of pyridine rings is 1. The second-order valence-electron chi connectivity index (χ2n) is 7.18. The fourth-order valence-corrected chi connectivity index (χ4v) is 4.60. The van der Waals surface area contributed by atoms with Crippen molar-refractivity contribution in [2.75, 3.05) is 17.9 Å². The molecule has 2 aliphatic heterocycles. The number of amides is 1. The highest BCUT2D eigenvalue weighted by atomic mass is 32.3. The highest BCUT2D eigenvalue weighted by Crippen LogP contribution is 2.46. The molecule has 1 atom stereocenters. The number of fused-ring (bicyclic) bond motifs is 1. The Morgan fingerprint density at radius 3 is 2.97 bits per heavy atom. The standard InChI is InChI=1S/C19H23N5O5S/c20-18-17-14(22-30(27,28)23-18)5-3-6-15(17)29-11-13-4-1-2-9-24(13)19(26)12-7-8-21-16(25)10-12/h3,5-8,10,13,22,27-28H,1-2,4,9,11H2,(H2,20,23)(H,21,25). The molecule has 1 aromatic carbocycles. The number of amidine groups is 1. The third-order valence-corrected chi connectivity index (χ3v) is 6.04. The number of aromatic nitrogens is 1. The first-order valence-corrected chi connectivity index (χ1v) is 11.0. The lowest BCUT2D eigenvalue weighted by Gasteiger charge is -2.36. The quantitative estimate of drug-likeness (QED) is 0.495. The van der Waals surface area contributed by atoms with E-state index in [2.05, 4.69) is 14.1 Å². The molecule has 0 radical (unpaired) electrons. The molecule has 2 aromatic rings. The van der Waals surface area contributed by atoms with Gasteiger partial charge < -0.3 is 20.4 Å². The minimum Gasteiger partial charge on any atom is -0.491 e. The van der Waals surface area contributed by atoms with Crippen LogP contribution in [0.5, 0.6) is 5.75 Å². The molecule has 1 aromatic heterocycles. The number of piperidine rings is 1. The van der Waals surface area contributed by atoms with Gasteiger partial charge in [-0.1, -0.05) is 6.07 Å². The van der Waals surface area contributed by atoms with Crippen molar-refractivity contribution < 1.29 is 18.6 Å². The third-order valence-electron chi connectivity index (χ3n) is 5.10. The van der Waals surface area contributed by atoms with Crippen molar-refractivity contribution in [1.82, 2.24) is 9.88 Å². The van der Waals surface area contributed by atoms with Crippen molar-refractivity contribution in [3.63, 3.8) is 0 Å². The Labute approximate surface area is 174 Å². The molecule has 0 saturated carbocycles. The summed E-state index contributed by atoms with van der Waals surface area (Å²) in [6, 6.07) is 7.79. The van der Waals surface area contributed by atoms with Gasteiger partial charge in [0.15, 0.2) is 5.84 Å². The van der Waals surface area contributed by atoms with Crippen LogP contribution in [0, 0.1) is 0 Å². The minimum absolute atomic E-state index is 0.0283. The molecule has 30 heavy (non-hydrogen) atoms. The number of hydrogen-bond donors (Lipinski definition) is 5. The second-order valence-corrected chi connectivity index (χ2v) is 8.60. The van der Waals surface area contributed by atoms with Crippen LogP contribution in [0.25, 0.3) is 0 Å². The maximum absolute atomic E-state index is 12.9. The lowest BCUT2D eigenvalue weighted by Crippen LogP contribution is -2.47. The second kappa shape index (κ2) is 8.01. The van der Waals surface area contributed by atoms with Crippen molar-refractivity contribution in [3.8, 4) is 5.75 Å². The molecule has 1 saturated heterocycles. The van der Waals surface area contributed by atoms with E-state index in [0.29, 0.717) is 29.1 Å². The Bertz CT molecular complexity index is 1050. The number of benzene rings is 1. The fourth-order valence-electron chi connectivity index (χ4n) is 3.72. The number of ether oxygens (including phenoxy) is 1. The molecule has 0 aliphatic carbocycles. The summed E-state index contributed by atoms with van der Waals surface area (Å²) in [6.45, 7) is 0.813. The molecule has 2 aliphatic rings. The maximum Gasteiger partial charge on any atom is 0.254 e. The molecule has 6 N–H and O–H groups in total. The van der Waals surface area contributed by atoms with E-state index in [9.17, 15) is 18.7 Å². The highest BCUT2D eigenvalue weighted by molar-refractivity contribution is 8.24. The van der Waals surface area contributed by atoms with Gasteiger partial charge in [0.05, 0.1) is 17.3 Å². The molecule has 3 heterocycles. The van der Waals surface area contributed by atoms with Gasteiger partial charge in [-0.05, 0) is 48.4 Å². The molecule has 11 heteroatoms. The molecule has 160 valence electrons. The van der Waals surface area contributed by atoms with E-state index in [4.69, 9.17) is 10.5 Å². The number of likely N-dealkylation sites (tertiary alicyclic amines) is 1. The van der Waals surface area contributed by atoms with Crippen molar-refractivity contribution in [2.24, 2.45) is 10.1 Å². The summed E-state index contributed by atoms with van der Waals surface area (Å²) >= 11 is 0. The Balaban J connectivity index is 1.53. The first-order valence-electron chi connectivity index (χ1n) is 9.51. The predicted molar refractivity (Wildman–Crippen MR) is 115 cm³/mol. The monoisotopic (exact) mass is 433 g/mol. The minimum atomic E-state index is -3.38. The van der Waals surface area contributed by atoms with Crippen LogP contribution in [0.2, 0.25) is 0 Å². The van der Waals surface area contributed by atoms with E-state index in [1.165, 1.54) is 12.3 Å². The molecule has 0 spiro atoms. The van der Waals surface area contributed by atoms with Crippen LogP contribution in [0.1, 0.15) is 35.2 Å². The van der Waals surface area contributed by atoms with Crippen LogP contribution in [-0.4, -0.2) is 49.9 Å². The largest absolute Gasteiger partial charge is 0.491 e. The van der Waals surface area contributed by atoms with Crippen LogP contribution < -0.4 is 20.8 Å². The average Bonchev–Trinajstić information content (AvgIpc) is 2.70. The fraction of sp³-hybridized carbons (Fsp3) is 0.316. The molecule has 1 amide bonds. The summed E-state index contributed by atoms with van der Waals surface area (Å²) in [5.74, 6) is 0.200. The van der Waals surface area contributed by atoms with Gasteiger partial charge in [0.25, 0.3) is 5.91 Å². The Hall–Kier alpha value is -3.02. The van der Waals surface area contributed by atoms with E-state index in [-0.39, 0.29) is 30.0 Å². The Morgan fingerprint density at radius 2 is 2.17 bits per heavy atom. The first-order chi connectivity index (χ1) is 14.3. The highest BCUT2D eigenvalue weighted by Gasteiger charge is 2.30. The SMILES string of the molecule is NC1=NS(O)(O)Nc2cccc(OCC3CCCCN3C(=O)c3cc[nH]c(=O)c3)c21. The molecule has 1 fully saturated rings. The number of carbonyl (C=O) groups is 1. The van der Waals surface area contributed by atoms with Crippen molar-refractivity contribution in [2.45, 2.75) is 25.3 Å². The number of rotatable bonds is 4. The van der Waals surface area contributed by atoms with Gasteiger partial charge in [0.2, 0.25) is 5.56 Å². The number of nitrogens with two attached hydrogens (primary N) is 1. The predicted octanol–water partition coefficient (Wildman–Crippen LogP) is 2.16. The van der Waals surface area contributed by atoms with E-state index in [1.807, 2.05) is 0 Å². The average molecular weight is 433 g/mol. The van der Waals surface area contributed by atoms with Gasteiger partial charge >= 0.3 is 0 Å². The van der Waals surface area contributed by atoms with E-state index in [0.717, 1.165) is 19.3 Å². The lowest BCUT2D eigenvalue weighted by atomic mass is 10.0. The van der Waals surface area contributed by atoms with Crippen molar-refractivity contribution in [3.05, 3.63) is 58.0 Å². The van der Waals surface area contributed by atoms with Crippen LogP contribution in [0.15, 0.2) is 45.7 Å². The number of nitrogens with one attached hydrogen (secondary N) is 2. The molecule has 0 bridgehead atoms. The van der Waals surface area contributed by atoms with Crippen LogP contribution in [-0.2, 0) is 0 Å². The van der Waals surface area contributed by atoms with Gasteiger partial charge in [-0.25, -0.2) is 0 Å².